The van der Waals surface area contributed by atoms with E-state index in [-0.39, 0.29) is 6.10 Å². The van der Waals surface area contributed by atoms with Crippen molar-refractivity contribution in [3.8, 4) is 16.9 Å². The summed E-state index contributed by atoms with van der Waals surface area (Å²) < 4.78 is 8.45. The zero-order valence-electron chi connectivity index (χ0n) is 17.5. The van der Waals surface area contributed by atoms with Crippen LogP contribution in [0.2, 0.25) is 0 Å². The van der Waals surface area contributed by atoms with Crippen molar-refractivity contribution >= 4 is 0 Å². The van der Waals surface area contributed by atoms with Gasteiger partial charge >= 0.3 is 0 Å². The molecule has 0 amide bonds. The van der Waals surface area contributed by atoms with Crippen molar-refractivity contribution in [2.75, 3.05) is 27.2 Å². The van der Waals surface area contributed by atoms with Crippen molar-refractivity contribution in [3.63, 3.8) is 0 Å². The van der Waals surface area contributed by atoms with Crippen molar-refractivity contribution in [1.29, 1.82) is 0 Å². The van der Waals surface area contributed by atoms with Crippen LogP contribution in [0.15, 0.2) is 97.2 Å². The Morgan fingerprint density at radius 2 is 1.43 bits per heavy atom. The zero-order valence-corrected chi connectivity index (χ0v) is 17.5. The van der Waals surface area contributed by atoms with E-state index in [0.29, 0.717) is 6.61 Å². The normalized spacial score (nSPS) is 12.2. The Morgan fingerprint density at radius 1 is 0.833 bits per heavy atom. The third kappa shape index (κ3) is 4.51. The lowest BCUT2D eigenvalue weighted by molar-refractivity contribution is 0.0690. The summed E-state index contributed by atoms with van der Waals surface area (Å²) in [5.41, 5.74) is 5.39. The van der Waals surface area contributed by atoms with Crippen molar-refractivity contribution in [2.45, 2.75) is 6.10 Å². The first kappa shape index (κ1) is 20.1. The molecule has 152 valence electrons. The van der Waals surface area contributed by atoms with E-state index in [9.17, 15) is 0 Å². The number of rotatable bonds is 8. The van der Waals surface area contributed by atoms with Gasteiger partial charge in [-0.05, 0) is 31.8 Å². The first-order valence-corrected chi connectivity index (χ1v) is 10.2. The molecule has 1 atom stereocenters. The number of nitrogens with zero attached hydrogens (tertiary/aromatic N) is 3. The third-order valence-corrected chi connectivity index (χ3v) is 5.05. The average Bonchev–Trinajstić information content (AvgIpc) is 3.23. The molecule has 0 spiro atoms. The molecule has 0 aliphatic heterocycles. The molecule has 0 fully saturated rings. The molecule has 0 saturated heterocycles. The van der Waals surface area contributed by atoms with Gasteiger partial charge in [-0.1, -0.05) is 78.9 Å². The number of para-hydroxylation sites is 1. The number of benzene rings is 3. The second-order valence-corrected chi connectivity index (χ2v) is 7.53. The lowest BCUT2D eigenvalue weighted by Crippen LogP contribution is -2.20. The monoisotopic (exact) mass is 397 g/mol. The maximum absolute atomic E-state index is 6.44. The highest BCUT2D eigenvalue weighted by Gasteiger charge is 2.24. The van der Waals surface area contributed by atoms with Crippen LogP contribution in [0.3, 0.4) is 0 Å². The van der Waals surface area contributed by atoms with Gasteiger partial charge in [0.1, 0.15) is 6.10 Å². The molecule has 3 aromatic carbocycles. The summed E-state index contributed by atoms with van der Waals surface area (Å²) in [5.74, 6) is 0. The molecule has 0 aliphatic carbocycles. The van der Waals surface area contributed by atoms with Crippen LogP contribution in [0.5, 0.6) is 0 Å². The molecule has 0 bridgehead atoms. The van der Waals surface area contributed by atoms with E-state index < -0.39 is 0 Å². The predicted molar refractivity (Wildman–Crippen MR) is 122 cm³/mol. The van der Waals surface area contributed by atoms with E-state index in [2.05, 4.69) is 79.7 Å². The fraction of sp³-hybridized carbons (Fsp3) is 0.192. The van der Waals surface area contributed by atoms with E-state index >= 15 is 0 Å². The molecule has 1 heterocycles. The van der Waals surface area contributed by atoms with Crippen LogP contribution in [0.25, 0.3) is 16.9 Å². The molecule has 1 unspecified atom stereocenters. The summed E-state index contributed by atoms with van der Waals surface area (Å²) in [6.07, 6.45) is 1.75. The molecule has 0 N–H and O–H groups in total. The summed E-state index contributed by atoms with van der Waals surface area (Å²) in [6, 6.07) is 31.0. The van der Waals surface area contributed by atoms with Gasteiger partial charge in [-0.15, -0.1) is 0 Å². The lowest BCUT2D eigenvalue weighted by atomic mass is 9.98. The smallest absolute Gasteiger partial charge is 0.111 e. The largest absolute Gasteiger partial charge is 0.367 e. The minimum Gasteiger partial charge on any atom is -0.367 e. The Labute approximate surface area is 178 Å². The first-order chi connectivity index (χ1) is 14.7. The van der Waals surface area contributed by atoms with Gasteiger partial charge in [0.2, 0.25) is 0 Å². The Hall–Kier alpha value is -3.21. The molecule has 0 aliphatic rings. The molecule has 4 rings (SSSR count). The molecule has 1 aromatic heterocycles. The van der Waals surface area contributed by atoms with Gasteiger partial charge in [0.25, 0.3) is 0 Å². The van der Waals surface area contributed by atoms with E-state index in [0.717, 1.165) is 34.6 Å². The summed E-state index contributed by atoms with van der Waals surface area (Å²) in [4.78, 5) is 2.13. The zero-order chi connectivity index (χ0) is 20.8. The van der Waals surface area contributed by atoms with E-state index in [1.807, 2.05) is 41.2 Å². The second kappa shape index (κ2) is 9.53. The van der Waals surface area contributed by atoms with Gasteiger partial charge in [0.15, 0.2) is 0 Å². The van der Waals surface area contributed by atoms with Crippen LogP contribution in [0.1, 0.15) is 17.2 Å². The summed E-state index contributed by atoms with van der Waals surface area (Å²) in [6.45, 7) is 1.49. The topological polar surface area (TPSA) is 30.3 Å². The second-order valence-electron chi connectivity index (χ2n) is 7.53. The Morgan fingerprint density at radius 3 is 2.07 bits per heavy atom. The van der Waals surface area contributed by atoms with Gasteiger partial charge < -0.3 is 9.64 Å². The van der Waals surface area contributed by atoms with Crippen LogP contribution in [0, 0.1) is 0 Å². The highest BCUT2D eigenvalue weighted by atomic mass is 16.5. The van der Waals surface area contributed by atoms with Crippen LogP contribution >= 0.6 is 0 Å². The molecule has 0 saturated carbocycles. The van der Waals surface area contributed by atoms with Gasteiger partial charge in [-0.3, -0.25) is 0 Å². The molecular formula is C26H27N3O. The summed E-state index contributed by atoms with van der Waals surface area (Å²) >= 11 is 0. The third-order valence-electron chi connectivity index (χ3n) is 5.05. The van der Waals surface area contributed by atoms with Crippen LogP contribution < -0.4 is 0 Å². The summed E-state index contributed by atoms with van der Waals surface area (Å²) in [5, 5.41) is 4.78. The van der Waals surface area contributed by atoms with Crippen LogP contribution in [0.4, 0.5) is 0 Å². The van der Waals surface area contributed by atoms with Gasteiger partial charge in [0.05, 0.1) is 24.2 Å². The quantitative estimate of drug-likeness (QED) is 0.409. The van der Waals surface area contributed by atoms with Gasteiger partial charge in [-0.25, -0.2) is 4.68 Å². The maximum atomic E-state index is 6.44. The molecule has 4 aromatic rings. The average molecular weight is 398 g/mol. The number of ether oxygens (including phenoxy) is 1. The molecule has 4 heteroatoms. The predicted octanol–water partition coefficient (Wildman–Crippen LogP) is 5.21. The minimum atomic E-state index is -0.196. The van der Waals surface area contributed by atoms with Gasteiger partial charge in [0, 0.05) is 17.7 Å². The molecule has 4 nitrogen and oxygen atoms in total. The van der Waals surface area contributed by atoms with Crippen molar-refractivity contribution in [3.05, 3.63) is 108 Å². The fourth-order valence-electron chi connectivity index (χ4n) is 3.55. The Kier molecular flexibility index (Phi) is 6.38. The van der Waals surface area contributed by atoms with E-state index in [4.69, 9.17) is 9.84 Å². The van der Waals surface area contributed by atoms with E-state index in [1.54, 1.807) is 0 Å². The van der Waals surface area contributed by atoms with Crippen molar-refractivity contribution in [2.24, 2.45) is 0 Å². The minimum absolute atomic E-state index is 0.196. The molecule has 0 radical (unpaired) electrons. The number of hydrogen-bond donors (Lipinski definition) is 0. The van der Waals surface area contributed by atoms with Crippen LogP contribution in [-0.2, 0) is 4.74 Å². The van der Waals surface area contributed by atoms with Crippen molar-refractivity contribution < 1.29 is 4.74 Å². The Bertz CT molecular complexity index is 1040. The highest BCUT2D eigenvalue weighted by Crippen LogP contribution is 2.35. The first-order valence-electron chi connectivity index (χ1n) is 10.2. The Balaban J connectivity index is 1.83. The van der Waals surface area contributed by atoms with Gasteiger partial charge in [-0.2, -0.15) is 5.10 Å². The maximum Gasteiger partial charge on any atom is 0.111 e. The highest BCUT2D eigenvalue weighted by molar-refractivity contribution is 5.67. The van der Waals surface area contributed by atoms with Crippen molar-refractivity contribution in [1.82, 2.24) is 14.7 Å². The lowest BCUT2D eigenvalue weighted by Gasteiger charge is -2.21. The number of hydrogen-bond acceptors (Lipinski definition) is 3. The number of aromatic nitrogens is 2. The van der Waals surface area contributed by atoms with E-state index in [1.165, 1.54) is 0 Å². The number of likely N-dealkylation sites (N-methyl/N-ethyl adjacent to an activating group) is 1. The molecular weight excluding hydrogens is 370 g/mol. The summed E-state index contributed by atoms with van der Waals surface area (Å²) in [7, 11) is 4.12. The standard InChI is InChI=1S/C26H27N3O/c1-28(2)18-19-30-26(22-14-8-4-9-15-22)24-20-27-29(23-16-10-5-11-17-23)25(24)21-12-6-3-7-13-21/h3-17,20,26H,18-19H2,1-2H3. The SMILES string of the molecule is CN(C)CCOC(c1ccccc1)c1cnn(-c2ccccc2)c1-c1ccccc1. The fourth-order valence-corrected chi connectivity index (χ4v) is 3.55. The molecule has 30 heavy (non-hydrogen) atoms. The van der Waals surface area contributed by atoms with Crippen LogP contribution in [-0.4, -0.2) is 41.9 Å².